The Labute approximate surface area is 112 Å². The lowest BCUT2D eigenvalue weighted by Crippen LogP contribution is -1.93. The van der Waals surface area contributed by atoms with Gasteiger partial charge in [-0.1, -0.05) is 0 Å². The van der Waals surface area contributed by atoms with Crippen molar-refractivity contribution in [2.24, 2.45) is 0 Å². The van der Waals surface area contributed by atoms with Crippen molar-refractivity contribution in [2.75, 3.05) is 5.73 Å². The zero-order valence-electron chi connectivity index (χ0n) is 9.46. The van der Waals surface area contributed by atoms with Gasteiger partial charge in [0.15, 0.2) is 0 Å². The number of rotatable bonds is 1. The molecule has 0 amide bonds. The van der Waals surface area contributed by atoms with Gasteiger partial charge in [-0.25, -0.2) is 0 Å². The van der Waals surface area contributed by atoms with Crippen LogP contribution in [0.3, 0.4) is 0 Å². The molecule has 18 heavy (non-hydrogen) atoms. The molecule has 88 valence electrons. The third kappa shape index (κ3) is 1.27. The summed E-state index contributed by atoms with van der Waals surface area (Å²) in [7, 11) is 0. The fraction of sp³-hybridized carbons (Fsp3) is 0. The summed E-state index contributed by atoms with van der Waals surface area (Å²) in [6.07, 6.45) is 0. The molecule has 0 aliphatic rings. The number of hydrogen-bond acceptors (Lipinski definition) is 3. The average molecular weight is 270 g/mol. The fourth-order valence-electron chi connectivity index (χ4n) is 2.33. The maximum atomic E-state index is 5.76. The van der Waals surface area contributed by atoms with E-state index in [0.717, 1.165) is 5.69 Å². The number of thiophene rings is 2. The quantitative estimate of drug-likeness (QED) is 0.508. The van der Waals surface area contributed by atoms with E-state index < -0.39 is 0 Å². The lowest BCUT2D eigenvalue weighted by Gasteiger charge is -2.05. The molecule has 0 fully saturated rings. The van der Waals surface area contributed by atoms with Crippen LogP contribution in [0.5, 0.6) is 0 Å². The summed E-state index contributed by atoms with van der Waals surface area (Å²) >= 11 is 3.61. The van der Waals surface area contributed by atoms with Gasteiger partial charge in [-0.3, -0.25) is 0 Å². The van der Waals surface area contributed by atoms with Crippen molar-refractivity contribution in [1.82, 2.24) is 4.57 Å². The van der Waals surface area contributed by atoms with Crippen molar-refractivity contribution < 1.29 is 0 Å². The Balaban J connectivity index is 2.14. The first-order valence-corrected chi connectivity index (χ1v) is 7.41. The molecule has 1 aromatic carbocycles. The highest BCUT2D eigenvalue weighted by molar-refractivity contribution is 7.25. The minimum Gasteiger partial charge on any atom is -0.399 e. The van der Waals surface area contributed by atoms with Gasteiger partial charge in [0, 0.05) is 11.4 Å². The minimum absolute atomic E-state index is 0.800. The van der Waals surface area contributed by atoms with Gasteiger partial charge in [0.1, 0.15) is 0 Å². The van der Waals surface area contributed by atoms with Crippen LogP contribution in [0.2, 0.25) is 0 Å². The number of aromatic nitrogens is 1. The molecular formula is C14H10N2S2. The van der Waals surface area contributed by atoms with Gasteiger partial charge in [-0.15, -0.1) is 22.7 Å². The van der Waals surface area contributed by atoms with E-state index in [0.29, 0.717) is 0 Å². The summed E-state index contributed by atoms with van der Waals surface area (Å²) in [6, 6.07) is 12.4. The Kier molecular flexibility index (Phi) is 2.04. The summed E-state index contributed by atoms with van der Waals surface area (Å²) in [5.74, 6) is 0. The van der Waals surface area contributed by atoms with Gasteiger partial charge in [0.2, 0.25) is 0 Å². The summed E-state index contributed by atoms with van der Waals surface area (Å²) < 4.78 is 5.05. The number of nitrogen functional groups attached to an aromatic ring is 1. The van der Waals surface area contributed by atoms with Crippen LogP contribution in [-0.4, -0.2) is 4.57 Å². The van der Waals surface area contributed by atoms with E-state index in [-0.39, 0.29) is 0 Å². The van der Waals surface area contributed by atoms with Crippen molar-refractivity contribution in [3.05, 3.63) is 47.2 Å². The molecule has 2 N–H and O–H groups in total. The lowest BCUT2D eigenvalue weighted by molar-refractivity contribution is 1.19. The highest BCUT2D eigenvalue weighted by atomic mass is 32.1. The predicted octanol–water partition coefficient (Wildman–Crippen LogP) is 4.49. The number of benzene rings is 1. The summed E-state index contributed by atoms with van der Waals surface area (Å²) in [5.41, 5.74) is 10.3. The zero-order valence-corrected chi connectivity index (χ0v) is 11.1. The van der Waals surface area contributed by atoms with Crippen molar-refractivity contribution in [3.8, 4) is 5.69 Å². The van der Waals surface area contributed by atoms with Gasteiger partial charge < -0.3 is 10.3 Å². The van der Waals surface area contributed by atoms with E-state index in [4.69, 9.17) is 5.73 Å². The molecule has 0 aliphatic heterocycles. The molecule has 0 bridgehead atoms. The SMILES string of the molecule is Nc1ccc(-n2c3ccsc3c3sccc32)cc1. The van der Waals surface area contributed by atoms with Crippen LogP contribution in [0.1, 0.15) is 0 Å². The van der Waals surface area contributed by atoms with Crippen LogP contribution in [0, 0.1) is 0 Å². The molecule has 3 aromatic heterocycles. The molecule has 4 aromatic rings. The molecule has 0 unspecified atom stereocenters. The molecule has 4 heteroatoms. The highest BCUT2D eigenvalue weighted by Gasteiger charge is 2.13. The smallest absolute Gasteiger partial charge is 0.0704 e. The third-order valence-corrected chi connectivity index (χ3v) is 5.10. The third-order valence-electron chi connectivity index (χ3n) is 3.13. The van der Waals surface area contributed by atoms with Gasteiger partial charge in [0.25, 0.3) is 0 Å². The Hall–Kier alpha value is -1.78. The molecule has 4 rings (SSSR count). The maximum Gasteiger partial charge on any atom is 0.0704 e. The number of anilines is 1. The monoisotopic (exact) mass is 270 g/mol. The summed E-state index contributed by atoms with van der Waals surface area (Å²) in [6.45, 7) is 0. The molecule has 0 spiro atoms. The topological polar surface area (TPSA) is 30.9 Å². The highest BCUT2D eigenvalue weighted by Crippen LogP contribution is 2.38. The van der Waals surface area contributed by atoms with E-state index in [1.54, 1.807) is 22.7 Å². The molecule has 0 aliphatic carbocycles. The Bertz CT molecular complexity index is 786. The second-order valence-electron chi connectivity index (χ2n) is 4.20. The Morgan fingerprint density at radius 2 is 1.33 bits per heavy atom. The summed E-state index contributed by atoms with van der Waals surface area (Å²) in [4.78, 5) is 0. The van der Waals surface area contributed by atoms with Gasteiger partial charge in [-0.2, -0.15) is 0 Å². The van der Waals surface area contributed by atoms with Crippen LogP contribution in [-0.2, 0) is 0 Å². The molecule has 2 nitrogen and oxygen atoms in total. The van der Waals surface area contributed by atoms with Crippen LogP contribution in [0.4, 0.5) is 5.69 Å². The summed E-state index contributed by atoms with van der Waals surface area (Å²) in [5, 5.41) is 4.30. The van der Waals surface area contributed by atoms with Crippen LogP contribution >= 0.6 is 22.7 Å². The van der Waals surface area contributed by atoms with Gasteiger partial charge in [-0.05, 0) is 47.2 Å². The van der Waals surface area contributed by atoms with E-state index in [1.165, 1.54) is 26.1 Å². The van der Waals surface area contributed by atoms with Gasteiger partial charge >= 0.3 is 0 Å². The number of nitrogens with two attached hydrogens (primary N) is 1. The number of fused-ring (bicyclic) bond motifs is 3. The zero-order chi connectivity index (χ0) is 12.1. The Morgan fingerprint density at radius 3 is 1.89 bits per heavy atom. The lowest BCUT2D eigenvalue weighted by atomic mass is 10.3. The van der Waals surface area contributed by atoms with E-state index >= 15 is 0 Å². The molecule has 0 atom stereocenters. The van der Waals surface area contributed by atoms with Crippen molar-refractivity contribution in [2.45, 2.75) is 0 Å². The Morgan fingerprint density at radius 1 is 0.778 bits per heavy atom. The van der Waals surface area contributed by atoms with Crippen LogP contribution in [0.15, 0.2) is 47.2 Å². The van der Waals surface area contributed by atoms with E-state index in [2.05, 4.69) is 39.6 Å². The normalized spacial score (nSPS) is 11.6. The average Bonchev–Trinajstić information content (AvgIpc) is 3.03. The molecule has 3 heterocycles. The van der Waals surface area contributed by atoms with Crippen molar-refractivity contribution >= 4 is 48.8 Å². The first-order chi connectivity index (χ1) is 8.84. The second-order valence-corrected chi connectivity index (χ2v) is 6.03. The minimum atomic E-state index is 0.800. The standard InChI is InChI=1S/C14H10N2S2/c15-9-1-3-10(4-2-9)16-11-5-7-17-13(11)14-12(16)6-8-18-14/h1-8H,15H2. The van der Waals surface area contributed by atoms with Crippen molar-refractivity contribution in [3.63, 3.8) is 0 Å². The molecule has 0 saturated heterocycles. The van der Waals surface area contributed by atoms with Crippen LogP contribution < -0.4 is 5.73 Å². The fourth-order valence-corrected chi connectivity index (χ4v) is 4.27. The van der Waals surface area contributed by atoms with Crippen LogP contribution in [0.25, 0.3) is 26.1 Å². The first kappa shape index (κ1) is 10.2. The van der Waals surface area contributed by atoms with Gasteiger partial charge in [0.05, 0.1) is 20.4 Å². The van der Waals surface area contributed by atoms with Crippen molar-refractivity contribution in [1.29, 1.82) is 0 Å². The number of nitrogens with zero attached hydrogens (tertiary/aromatic N) is 1. The second kappa shape index (κ2) is 3.60. The van der Waals surface area contributed by atoms with E-state index in [9.17, 15) is 0 Å². The first-order valence-electron chi connectivity index (χ1n) is 5.65. The molecule has 0 saturated carbocycles. The largest absolute Gasteiger partial charge is 0.399 e. The predicted molar refractivity (Wildman–Crippen MR) is 80.9 cm³/mol. The molecular weight excluding hydrogens is 260 g/mol. The number of hydrogen-bond donors (Lipinski definition) is 1. The molecule has 0 radical (unpaired) electrons. The maximum absolute atomic E-state index is 5.76. The van der Waals surface area contributed by atoms with E-state index in [1.807, 2.05) is 12.1 Å².